The van der Waals surface area contributed by atoms with Crippen molar-refractivity contribution < 1.29 is 14.3 Å². The molecule has 0 spiro atoms. The third-order valence-corrected chi connectivity index (χ3v) is 6.03. The molecule has 0 bridgehead atoms. The summed E-state index contributed by atoms with van der Waals surface area (Å²) in [7, 11) is 0. The van der Waals surface area contributed by atoms with Gasteiger partial charge in [0, 0.05) is 30.1 Å². The van der Waals surface area contributed by atoms with Crippen molar-refractivity contribution in [3.8, 4) is 16.3 Å². The predicted molar refractivity (Wildman–Crippen MR) is 109 cm³/mol. The summed E-state index contributed by atoms with van der Waals surface area (Å²) < 4.78 is 5.47. The van der Waals surface area contributed by atoms with Gasteiger partial charge in [-0.25, -0.2) is 4.98 Å². The normalized spacial score (nSPS) is 19.3. The lowest BCUT2D eigenvalue weighted by atomic mass is 9.97. The minimum Gasteiger partial charge on any atom is -0.494 e. The van der Waals surface area contributed by atoms with E-state index in [9.17, 15) is 9.59 Å². The molecule has 1 aliphatic heterocycles. The molecule has 1 aromatic carbocycles. The van der Waals surface area contributed by atoms with E-state index >= 15 is 0 Å². The van der Waals surface area contributed by atoms with E-state index < -0.39 is 0 Å². The maximum atomic E-state index is 12.9. The number of nitrogens with zero attached hydrogens (tertiary/aromatic N) is 2. The Balaban J connectivity index is 1.41. The molecular weight excluding hydrogens is 374 g/mol. The minimum absolute atomic E-state index is 0.0858. The first-order chi connectivity index (χ1) is 13.6. The molecule has 2 aliphatic rings. The summed E-state index contributed by atoms with van der Waals surface area (Å²) in [6.45, 7) is 3.74. The first-order valence-electron chi connectivity index (χ1n) is 9.92. The fourth-order valence-electron chi connectivity index (χ4n) is 3.45. The van der Waals surface area contributed by atoms with Crippen molar-refractivity contribution in [1.82, 2.24) is 15.2 Å². The average molecular weight is 400 g/mol. The number of aromatic nitrogens is 1. The summed E-state index contributed by atoms with van der Waals surface area (Å²) in [5.74, 6) is 0.719. The van der Waals surface area contributed by atoms with Gasteiger partial charge in [-0.1, -0.05) is 0 Å². The van der Waals surface area contributed by atoms with E-state index in [1.54, 1.807) is 4.90 Å². The monoisotopic (exact) mass is 399 g/mol. The summed E-state index contributed by atoms with van der Waals surface area (Å²) in [4.78, 5) is 31.6. The topological polar surface area (TPSA) is 71.5 Å². The second kappa shape index (κ2) is 8.31. The Morgan fingerprint density at radius 2 is 2.04 bits per heavy atom. The number of ether oxygens (including phenoxy) is 1. The standard InChI is InChI=1S/C21H25N3O3S/c1-2-27-17-9-5-14(6-10-17)20-23-18(13-28-20)21(26)24-11-3-4-15(12-24)19(25)22-16-7-8-16/h5-6,9-10,13,15-16H,2-4,7-8,11-12H2,1H3,(H,22,25). The number of rotatable bonds is 6. The van der Waals surface area contributed by atoms with E-state index in [2.05, 4.69) is 10.3 Å². The van der Waals surface area contributed by atoms with Crippen LogP contribution in [0.3, 0.4) is 0 Å². The van der Waals surface area contributed by atoms with Gasteiger partial charge in [0.1, 0.15) is 16.5 Å². The number of piperidine rings is 1. The number of hydrogen-bond donors (Lipinski definition) is 1. The molecule has 2 fully saturated rings. The van der Waals surface area contributed by atoms with Crippen LogP contribution in [0.15, 0.2) is 29.6 Å². The summed E-state index contributed by atoms with van der Waals surface area (Å²) in [6.07, 6.45) is 3.85. The lowest BCUT2D eigenvalue weighted by Crippen LogP contribution is -2.46. The molecule has 1 N–H and O–H groups in total. The van der Waals surface area contributed by atoms with Crippen molar-refractivity contribution in [3.63, 3.8) is 0 Å². The average Bonchev–Trinajstić information content (AvgIpc) is 3.40. The zero-order chi connectivity index (χ0) is 19.5. The van der Waals surface area contributed by atoms with E-state index in [0.29, 0.717) is 31.4 Å². The van der Waals surface area contributed by atoms with Crippen LogP contribution in [0, 0.1) is 5.92 Å². The summed E-state index contributed by atoms with van der Waals surface area (Å²) in [5, 5.41) is 5.68. The van der Waals surface area contributed by atoms with Gasteiger partial charge < -0.3 is 15.0 Å². The third kappa shape index (κ3) is 4.35. The maximum absolute atomic E-state index is 12.9. The lowest BCUT2D eigenvalue weighted by Gasteiger charge is -2.31. The molecule has 148 valence electrons. The van der Waals surface area contributed by atoms with Gasteiger partial charge in [-0.15, -0.1) is 11.3 Å². The number of hydrogen-bond acceptors (Lipinski definition) is 5. The number of likely N-dealkylation sites (tertiary alicyclic amines) is 1. The fourth-order valence-corrected chi connectivity index (χ4v) is 4.25. The molecule has 1 atom stereocenters. The van der Waals surface area contributed by atoms with Crippen LogP contribution in [0.4, 0.5) is 0 Å². The Morgan fingerprint density at radius 1 is 1.25 bits per heavy atom. The summed E-state index contributed by atoms with van der Waals surface area (Å²) in [5.41, 5.74) is 1.42. The molecule has 0 radical (unpaired) electrons. The minimum atomic E-state index is -0.109. The number of nitrogens with one attached hydrogen (secondary N) is 1. The van der Waals surface area contributed by atoms with Gasteiger partial charge in [0.25, 0.3) is 5.91 Å². The van der Waals surface area contributed by atoms with E-state index in [1.807, 2.05) is 36.6 Å². The van der Waals surface area contributed by atoms with Gasteiger partial charge in [-0.3, -0.25) is 9.59 Å². The highest BCUT2D eigenvalue weighted by Gasteiger charge is 2.32. The fraction of sp³-hybridized carbons (Fsp3) is 0.476. The van der Waals surface area contributed by atoms with Crippen molar-refractivity contribution in [1.29, 1.82) is 0 Å². The largest absolute Gasteiger partial charge is 0.494 e. The van der Waals surface area contributed by atoms with Crippen LogP contribution < -0.4 is 10.1 Å². The zero-order valence-electron chi connectivity index (χ0n) is 16.0. The molecule has 1 saturated carbocycles. The van der Waals surface area contributed by atoms with Gasteiger partial charge >= 0.3 is 0 Å². The number of amides is 2. The number of thiazole rings is 1. The zero-order valence-corrected chi connectivity index (χ0v) is 16.8. The van der Waals surface area contributed by atoms with E-state index in [0.717, 1.165) is 42.0 Å². The van der Waals surface area contributed by atoms with Gasteiger partial charge in [0.2, 0.25) is 5.91 Å². The van der Waals surface area contributed by atoms with Gasteiger partial charge in [-0.05, 0) is 56.9 Å². The number of carbonyl (C=O) groups excluding carboxylic acids is 2. The first kappa shape index (κ1) is 18.9. The molecule has 2 amide bonds. The van der Waals surface area contributed by atoms with Gasteiger partial charge in [0.05, 0.1) is 12.5 Å². The molecular formula is C21H25N3O3S. The van der Waals surface area contributed by atoms with Crippen molar-refractivity contribution in [2.75, 3.05) is 19.7 Å². The molecule has 28 heavy (non-hydrogen) atoms. The third-order valence-electron chi connectivity index (χ3n) is 5.14. The molecule has 1 aromatic heterocycles. The second-order valence-electron chi connectivity index (χ2n) is 7.37. The van der Waals surface area contributed by atoms with Crippen LogP contribution in [-0.2, 0) is 4.79 Å². The van der Waals surface area contributed by atoms with Crippen LogP contribution in [0.25, 0.3) is 10.6 Å². The summed E-state index contributed by atoms with van der Waals surface area (Å²) >= 11 is 1.46. The van der Waals surface area contributed by atoms with E-state index in [1.165, 1.54) is 11.3 Å². The Labute approximate surface area is 168 Å². The number of carbonyl (C=O) groups is 2. The Kier molecular flexibility index (Phi) is 5.62. The highest BCUT2D eigenvalue weighted by Crippen LogP contribution is 2.27. The SMILES string of the molecule is CCOc1ccc(-c2nc(C(=O)N3CCCC(C(=O)NC4CC4)C3)cs2)cc1. The summed E-state index contributed by atoms with van der Waals surface area (Å²) in [6, 6.07) is 8.09. The Bertz CT molecular complexity index is 845. The molecule has 4 rings (SSSR count). The van der Waals surface area contributed by atoms with E-state index in [4.69, 9.17) is 4.74 Å². The van der Waals surface area contributed by atoms with Crippen LogP contribution in [0.2, 0.25) is 0 Å². The quantitative estimate of drug-likeness (QED) is 0.809. The maximum Gasteiger partial charge on any atom is 0.273 e. The number of benzene rings is 1. The van der Waals surface area contributed by atoms with Gasteiger partial charge in [-0.2, -0.15) is 0 Å². The Hall–Kier alpha value is -2.41. The van der Waals surface area contributed by atoms with Gasteiger partial charge in [0.15, 0.2) is 0 Å². The lowest BCUT2D eigenvalue weighted by molar-refractivity contribution is -0.126. The van der Waals surface area contributed by atoms with Crippen LogP contribution >= 0.6 is 11.3 Å². The van der Waals surface area contributed by atoms with Crippen LogP contribution in [0.5, 0.6) is 5.75 Å². The molecule has 7 heteroatoms. The van der Waals surface area contributed by atoms with Crippen LogP contribution in [-0.4, -0.2) is 47.4 Å². The second-order valence-corrected chi connectivity index (χ2v) is 8.23. The Morgan fingerprint density at radius 3 is 2.75 bits per heavy atom. The highest BCUT2D eigenvalue weighted by molar-refractivity contribution is 7.13. The van der Waals surface area contributed by atoms with Crippen molar-refractivity contribution in [2.24, 2.45) is 5.92 Å². The molecule has 1 aliphatic carbocycles. The van der Waals surface area contributed by atoms with Crippen molar-refractivity contribution in [2.45, 2.75) is 38.6 Å². The molecule has 2 heterocycles. The molecule has 1 saturated heterocycles. The smallest absolute Gasteiger partial charge is 0.273 e. The highest BCUT2D eigenvalue weighted by atomic mass is 32.1. The van der Waals surface area contributed by atoms with Crippen molar-refractivity contribution in [3.05, 3.63) is 35.3 Å². The van der Waals surface area contributed by atoms with E-state index in [-0.39, 0.29) is 17.7 Å². The first-order valence-corrected chi connectivity index (χ1v) is 10.8. The van der Waals surface area contributed by atoms with Crippen LogP contribution in [0.1, 0.15) is 43.1 Å². The molecule has 2 aromatic rings. The van der Waals surface area contributed by atoms with Crippen molar-refractivity contribution >= 4 is 23.2 Å². The molecule has 6 nitrogen and oxygen atoms in total. The predicted octanol–water partition coefficient (Wildman–Crippen LogP) is 3.34. The molecule has 1 unspecified atom stereocenters.